The lowest BCUT2D eigenvalue weighted by molar-refractivity contribution is -0.134. The standard InChI is InChI=1S/C20H27F2N3O2/c1-23-9-10-24(2)20(27)18-11-13-5-3-4-6-17(13)25(18)19(26)15-8-7-14(21)12-16(15)22/h7-8,12-13,17-18,23H,3-6,9-11H2,1-2H3. The van der Waals surface area contributed by atoms with Crippen LogP contribution >= 0.6 is 0 Å². The summed E-state index contributed by atoms with van der Waals surface area (Å²) in [6.45, 7) is 1.19. The highest BCUT2D eigenvalue weighted by Gasteiger charge is 2.48. The van der Waals surface area contributed by atoms with Crippen molar-refractivity contribution in [3.63, 3.8) is 0 Å². The summed E-state index contributed by atoms with van der Waals surface area (Å²) in [5.74, 6) is -1.97. The number of halogens is 2. The summed E-state index contributed by atoms with van der Waals surface area (Å²) in [6.07, 6.45) is 4.49. The molecule has 1 aliphatic heterocycles. The first kappa shape index (κ1) is 19.7. The van der Waals surface area contributed by atoms with E-state index in [2.05, 4.69) is 5.32 Å². The molecule has 1 N–H and O–H groups in total. The molecule has 2 fully saturated rings. The van der Waals surface area contributed by atoms with E-state index in [0.29, 0.717) is 19.5 Å². The average molecular weight is 379 g/mol. The van der Waals surface area contributed by atoms with Crippen LogP contribution in [-0.4, -0.2) is 60.9 Å². The molecular weight excluding hydrogens is 352 g/mol. The largest absolute Gasteiger partial charge is 0.343 e. The summed E-state index contributed by atoms with van der Waals surface area (Å²) in [5.41, 5.74) is -0.168. The Morgan fingerprint density at radius 1 is 1.26 bits per heavy atom. The maximum absolute atomic E-state index is 14.2. The Balaban J connectivity index is 1.89. The quantitative estimate of drug-likeness (QED) is 0.855. The van der Waals surface area contributed by atoms with Crippen LogP contribution in [0.15, 0.2) is 18.2 Å². The predicted octanol–water partition coefficient (Wildman–Crippen LogP) is 2.42. The summed E-state index contributed by atoms with van der Waals surface area (Å²) in [7, 11) is 3.54. The number of hydrogen-bond acceptors (Lipinski definition) is 3. The molecule has 1 heterocycles. The number of carbonyl (C=O) groups is 2. The van der Waals surface area contributed by atoms with E-state index < -0.39 is 23.6 Å². The maximum Gasteiger partial charge on any atom is 0.257 e. The van der Waals surface area contributed by atoms with Gasteiger partial charge in [-0.25, -0.2) is 8.78 Å². The molecule has 0 aromatic heterocycles. The molecule has 1 aromatic rings. The molecule has 1 aromatic carbocycles. The minimum absolute atomic E-state index is 0.0534. The Labute approximate surface area is 158 Å². The van der Waals surface area contributed by atoms with E-state index in [0.717, 1.165) is 37.8 Å². The maximum atomic E-state index is 14.2. The minimum atomic E-state index is -0.881. The topological polar surface area (TPSA) is 52.7 Å². The molecule has 0 radical (unpaired) electrons. The van der Waals surface area contributed by atoms with Gasteiger partial charge in [0.1, 0.15) is 17.7 Å². The van der Waals surface area contributed by atoms with Gasteiger partial charge < -0.3 is 15.1 Å². The van der Waals surface area contributed by atoms with Gasteiger partial charge in [-0.15, -0.1) is 0 Å². The third-order valence-corrected chi connectivity index (χ3v) is 5.84. The molecule has 7 heteroatoms. The lowest BCUT2D eigenvalue weighted by Crippen LogP contribution is -2.50. The Bertz CT molecular complexity index is 712. The second-order valence-corrected chi connectivity index (χ2v) is 7.56. The van der Waals surface area contributed by atoms with Crippen molar-refractivity contribution >= 4 is 11.8 Å². The molecule has 148 valence electrons. The number of nitrogens with zero attached hydrogens (tertiary/aromatic N) is 2. The smallest absolute Gasteiger partial charge is 0.257 e. The molecule has 0 bridgehead atoms. The molecule has 1 saturated heterocycles. The zero-order valence-electron chi connectivity index (χ0n) is 15.9. The van der Waals surface area contributed by atoms with Crippen molar-refractivity contribution in [2.45, 2.75) is 44.2 Å². The number of benzene rings is 1. The number of rotatable bonds is 5. The molecule has 3 rings (SSSR count). The van der Waals surface area contributed by atoms with Gasteiger partial charge in [0, 0.05) is 32.2 Å². The number of amides is 2. The first-order valence-electron chi connectivity index (χ1n) is 9.61. The molecule has 5 nitrogen and oxygen atoms in total. The number of fused-ring (bicyclic) bond motifs is 1. The van der Waals surface area contributed by atoms with Crippen molar-refractivity contribution < 1.29 is 18.4 Å². The first-order chi connectivity index (χ1) is 12.9. The number of likely N-dealkylation sites (N-methyl/N-ethyl adjacent to an activating group) is 2. The zero-order valence-corrected chi connectivity index (χ0v) is 15.9. The van der Waals surface area contributed by atoms with Crippen molar-refractivity contribution in [1.29, 1.82) is 0 Å². The Morgan fingerprint density at radius 3 is 2.70 bits per heavy atom. The van der Waals surface area contributed by atoms with E-state index in [1.165, 1.54) is 6.07 Å². The number of likely N-dealkylation sites (tertiary alicyclic amines) is 1. The highest BCUT2D eigenvalue weighted by atomic mass is 19.1. The molecule has 2 aliphatic rings. The van der Waals surface area contributed by atoms with E-state index in [9.17, 15) is 18.4 Å². The van der Waals surface area contributed by atoms with Crippen LogP contribution in [0.25, 0.3) is 0 Å². The fraction of sp³-hybridized carbons (Fsp3) is 0.600. The van der Waals surface area contributed by atoms with Crippen molar-refractivity contribution in [3.8, 4) is 0 Å². The number of nitrogens with one attached hydrogen (secondary N) is 1. The van der Waals surface area contributed by atoms with Crippen LogP contribution < -0.4 is 5.32 Å². The van der Waals surface area contributed by atoms with Crippen LogP contribution in [0.4, 0.5) is 8.78 Å². The van der Waals surface area contributed by atoms with E-state index >= 15 is 0 Å². The Kier molecular flexibility index (Phi) is 6.09. The van der Waals surface area contributed by atoms with Crippen LogP contribution in [0.5, 0.6) is 0 Å². The summed E-state index contributed by atoms with van der Waals surface area (Å²) >= 11 is 0. The average Bonchev–Trinajstić information content (AvgIpc) is 3.04. The number of hydrogen-bond donors (Lipinski definition) is 1. The third-order valence-electron chi connectivity index (χ3n) is 5.84. The molecule has 0 spiro atoms. The molecular formula is C20H27F2N3O2. The molecule has 3 unspecified atom stereocenters. The molecule has 1 saturated carbocycles. The molecule has 3 atom stereocenters. The van der Waals surface area contributed by atoms with Gasteiger partial charge in [-0.3, -0.25) is 9.59 Å². The van der Waals surface area contributed by atoms with Gasteiger partial charge in [-0.2, -0.15) is 0 Å². The minimum Gasteiger partial charge on any atom is -0.343 e. The SMILES string of the molecule is CNCCN(C)C(=O)C1CC2CCCCC2N1C(=O)c1ccc(F)cc1F. The van der Waals surface area contributed by atoms with Crippen LogP contribution in [-0.2, 0) is 4.79 Å². The van der Waals surface area contributed by atoms with Crippen molar-refractivity contribution in [3.05, 3.63) is 35.4 Å². The highest BCUT2D eigenvalue weighted by Crippen LogP contribution is 2.41. The van der Waals surface area contributed by atoms with E-state index in [-0.39, 0.29) is 23.4 Å². The van der Waals surface area contributed by atoms with Crippen LogP contribution in [0.2, 0.25) is 0 Å². The zero-order chi connectivity index (χ0) is 19.6. The van der Waals surface area contributed by atoms with Gasteiger partial charge >= 0.3 is 0 Å². The summed E-state index contributed by atoms with van der Waals surface area (Å²) in [4.78, 5) is 29.4. The predicted molar refractivity (Wildman–Crippen MR) is 98.2 cm³/mol. The molecule has 1 aliphatic carbocycles. The van der Waals surface area contributed by atoms with Gasteiger partial charge in [0.2, 0.25) is 5.91 Å². The van der Waals surface area contributed by atoms with Gasteiger partial charge in [0.05, 0.1) is 5.56 Å². The van der Waals surface area contributed by atoms with E-state index in [1.807, 2.05) is 7.05 Å². The van der Waals surface area contributed by atoms with Gasteiger partial charge in [-0.1, -0.05) is 12.8 Å². The monoisotopic (exact) mass is 379 g/mol. The van der Waals surface area contributed by atoms with Crippen LogP contribution in [0, 0.1) is 17.6 Å². The fourth-order valence-corrected chi connectivity index (χ4v) is 4.42. The van der Waals surface area contributed by atoms with Crippen LogP contribution in [0.1, 0.15) is 42.5 Å². The van der Waals surface area contributed by atoms with E-state index in [4.69, 9.17) is 0 Å². The second-order valence-electron chi connectivity index (χ2n) is 7.56. The summed E-state index contributed by atoms with van der Waals surface area (Å²) in [5, 5.41) is 3.01. The van der Waals surface area contributed by atoms with Crippen LogP contribution in [0.3, 0.4) is 0 Å². The van der Waals surface area contributed by atoms with Crippen molar-refractivity contribution in [2.24, 2.45) is 5.92 Å². The molecule has 2 amide bonds. The van der Waals surface area contributed by atoms with E-state index in [1.54, 1.807) is 16.8 Å². The fourth-order valence-electron chi connectivity index (χ4n) is 4.42. The Morgan fingerprint density at radius 2 is 2.00 bits per heavy atom. The van der Waals surface area contributed by atoms with Gasteiger partial charge in [0.15, 0.2) is 0 Å². The summed E-state index contributed by atoms with van der Waals surface area (Å²) < 4.78 is 27.5. The lowest BCUT2D eigenvalue weighted by atomic mass is 9.84. The number of carbonyl (C=O) groups excluding carboxylic acids is 2. The normalized spacial score (nSPS) is 24.6. The Hall–Kier alpha value is -2.02. The highest BCUT2D eigenvalue weighted by molar-refractivity contribution is 5.98. The lowest BCUT2D eigenvalue weighted by Gasteiger charge is -2.34. The van der Waals surface area contributed by atoms with Gasteiger partial charge in [0.25, 0.3) is 5.91 Å². The van der Waals surface area contributed by atoms with Gasteiger partial charge in [-0.05, 0) is 44.4 Å². The second kappa shape index (κ2) is 8.33. The third kappa shape index (κ3) is 3.98. The summed E-state index contributed by atoms with van der Waals surface area (Å²) in [6, 6.07) is 2.34. The molecule has 27 heavy (non-hydrogen) atoms. The van der Waals surface area contributed by atoms with Crippen molar-refractivity contribution in [1.82, 2.24) is 15.1 Å². The van der Waals surface area contributed by atoms with Crippen molar-refractivity contribution in [2.75, 3.05) is 27.2 Å². The first-order valence-corrected chi connectivity index (χ1v) is 9.61.